The lowest BCUT2D eigenvalue weighted by atomic mass is 9.93. The average molecular weight is 453 g/mol. The molecule has 0 saturated heterocycles. The molecule has 33 heavy (non-hydrogen) atoms. The molecule has 176 valence electrons. The Morgan fingerprint density at radius 1 is 0.727 bits per heavy atom. The number of ether oxygens (including phenoxy) is 4. The molecular formula is C27H32O6. The summed E-state index contributed by atoms with van der Waals surface area (Å²) >= 11 is 0. The van der Waals surface area contributed by atoms with Gasteiger partial charge < -0.3 is 29.2 Å². The van der Waals surface area contributed by atoms with Crippen LogP contribution in [0.25, 0.3) is 0 Å². The largest absolute Gasteiger partial charge is 0.504 e. The molecule has 0 radical (unpaired) electrons. The molecule has 6 heteroatoms. The number of benzene rings is 3. The van der Waals surface area contributed by atoms with Gasteiger partial charge in [-0.1, -0.05) is 32.4 Å². The summed E-state index contributed by atoms with van der Waals surface area (Å²) in [4.78, 5) is 0. The molecular weight excluding hydrogens is 420 g/mol. The Morgan fingerprint density at radius 2 is 1.36 bits per heavy atom. The van der Waals surface area contributed by atoms with Crippen molar-refractivity contribution in [2.45, 2.75) is 39.0 Å². The number of phenolic OH excluding ortho intramolecular Hbond substituents is 2. The molecule has 0 aliphatic carbocycles. The third-order valence-electron chi connectivity index (χ3n) is 5.62. The van der Waals surface area contributed by atoms with Crippen molar-refractivity contribution in [1.82, 2.24) is 0 Å². The van der Waals surface area contributed by atoms with Crippen LogP contribution in [0, 0.1) is 0 Å². The molecule has 0 aromatic heterocycles. The minimum Gasteiger partial charge on any atom is -0.504 e. The van der Waals surface area contributed by atoms with Crippen molar-refractivity contribution >= 4 is 0 Å². The fourth-order valence-electron chi connectivity index (χ4n) is 3.80. The van der Waals surface area contributed by atoms with E-state index in [0.717, 1.165) is 29.5 Å². The van der Waals surface area contributed by atoms with E-state index in [4.69, 9.17) is 18.9 Å². The van der Waals surface area contributed by atoms with Crippen molar-refractivity contribution in [3.63, 3.8) is 0 Å². The highest BCUT2D eigenvalue weighted by atomic mass is 16.5. The van der Waals surface area contributed by atoms with Crippen LogP contribution < -0.4 is 18.9 Å². The van der Waals surface area contributed by atoms with E-state index in [1.807, 2.05) is 42.5 Å². The highest BCUT2D eigenvalue weighted by Crippen LogP contribution is 2.44. The van der Waals surface area contributed by atoms with E-state index < -0.39 is 0 Å². The molecule has 0 amide bonds. The van der Waals surface area contributed by atoms with Gasteiger partial charge in [-0.15, -0.1) is 0 Å². The van der Waals surface area contributed by atoms with E-state index in [9.17, 15) is 10.2 Å². The maximum Gasteiger partial charge on any atom is 0.201 e. The molecule has 6 nitrogen and oxygen atoms in total. The predicted molar refractivity (Wildman–Crippen MR) is 128 cm³/mol. The number of hydrogen-bond donors (Lipinski definition) is 2. The number of rotatable bonds is 10. The zero-order valence-electron chi connectivity index (χ0n) is 19.8. The molecule has 0 saturated carbocycles. The number of aromatic hydroxyl groups is 2. The van der Waals surface area contributed by atoms with Gasteiger partial charge in [-0.3, -0.25) is 0 Å². The number of hydrogen-bond acceptors (Lipinski definition) is 6. The van der Waals surface area contributed by atoms with Gasteiger partial charge in [0.05, 0.1) is 21.3 Å². The van der Waals surface area contributed by atoms with Crippen LogP contribution in [0.4, 0.5) is 0 Å². The molecule has 2 N–H and O–H groups in total. The topological polar surface area (TPSA) is 77.4 Å². The molecule has 0 bridgehead atoms. The lowest BCUT2D eigenvalue weighted by Gasteiger charge is -2.18. The second-order valence-corrected chi connectivity index (χ2v) is 8.02. The Labute approximate surface area is 195 Å². The molecule has 1 unspecified atom stereocenters. The summed E-state index contributed by atoms with van der Waals surface area (Å²) in [5.74, 6) is 2.29. The number of methoxy groups -OCH3 is 3. The van der Waals surface area contributed by atoms with Gasteiger partial charge in [-0.2, -0.15) is 0 Å². The van der Waals surface area contributed by atoms with Crippen molar-refractivity contribution in [3.05, 3.63) is 65.2 Å². The van der Waals surface area contributed by atoms with Gasteiger partial charge in [0.25, 0.3) is 0 Å². The third-order valence-corrected chi connectivity index (χ3v) is 5.62. The number of phenols is 2. The van der Waals surface area contributed by atoms with E-state index in [2.05, 4.69) is 13.8 Å². The van der Waals surface area contributed by atoms with Crippen LogP contribution in [0.1, 0.15) is 42.9 Å². The van der Waals surface area contributed by atoms with E-state index in [1.54, 1.807) is 13.2 Å². The molecule has 0 heterocycles. The summed E-state index contributed by atoms with van der Waals surface area (Å²) in [6, 6.07) is 14.8. The summed E-state index contributed by atoms with van der Waals surface area (Å²) in [6.07, 6.45) is 2.68. The monoisotopic (exact) mass is 452 g/mol. The fourth-order valence-corrected chi connectivity index (χ4v) is 3.80. The summed E-state index contributed by atoms with van der Waals surface area (Å²) in [7, 11) is 4.64. The van der Waals surface area contributed by atoms with Gasteiger partial charge in [-0.25, -0.2) is 0 Å². The van der Waals surface area contributed by atoms with Crippen molar-refractivity contribution in [2.24, 2.45) is 0 Å². The second-order valence-electron chi connectivity index (χ2n) is 8.02. The van der Waals surface area contributed by atoms with Gasteiger partial charge in [0.15, 0.2) is 34.5 Å². The quantitative estimate of drug-likeness (QED) is 0.381. The summed E-state index contributed by atoms with van der Waals surface area (Å²) < 4.78 is 22.2. The zero-order valence-corrected chi connectivity index (χ0v) is 19.8. The first-order valence-electron chi connectivity index (χ1n) is 11.0. The Hall–Kier alpha value is -3.54. The van der Waals surface area contributed by atoms with E-state index in [1.165, 1.54) is 14.2 Å². The lowest BCUT2D eigenvalue weighted by Crippen LogP contribution is -2.01. The Bertz CT molecular complexity index is 1090. The third kappa shape index (κ3) is 5.64. The van der Waals surface area contributed by atoms with Crippen LogP contribution in [0.5, 0.6) is 40.2 Å². The van der Waals surface area contributed by atoms with Crippen LogP contribution in [-0.4, -0.2) is 31.5 Å². The van der Waals surface area contributed by atoms with Crippen LogP contribution in [-0.2, 0) is 12.8 Å². The SMILES string of the molecule is CCCc1ccc(Oc2cc(C(C)Cc3ccc(O)c(OC)c3)cc(OC)c2O)c(OC)c1. The summed E-state index contributed by atoms with van der Waals surface area (Å²) in [6.45, 7) is 4.21. The Morgan fingerprint density at radius 3 is 2.03 bits per heavy atom. The van der Waals surface area contributed by atoms with Gasteiger partial charge in [0.2, 0.25) is 5.75 Å². The summed E-state index contributed by atoms with van der Waals surface area (Å²) in [5, 5.41) is 20.6. The van der Waals surface area contributed by atoms with Gasteiger partial charge in [0, 0.05) is 0 Å². The first-order chi connectivity index (χ1) is 15.9. The maximum atomic E-state index is 10.7. The standard InChI is InChI=1S/C27H32O6/c1-6-7-18-9-11-22(24(13-18)31-4)33-26-16-20(15-25(32-5)27(26)29)17(2)12-19-8-10-21(28)23(14-19)30-3/h8-11,13-17,28-29H,6-7,12H2,1-5H3. The summed E-state index contributed by atoms with van der Waals surface area (Å²) in [5.41, 5.74) is 3.11. The highest BCUT2D eigenvalue weighted by molar-refractivity contribution is 5.56. The van der Waals surface area contributed by atoms with Crippen molar-refractivity contribution in [1.29, 1.82) is 0 Å². The van der Waals surface area contributed by atoms with Crippen molar-refractivity contribution in [2.75, 3.05) is 21.3 Å². The average Bonchev–Trinajstić information content (AvgIpc) is 2.82. The van der Waals surface area contributed by atoms with Crippen LogP contribution in [0.3, 0.4) is 0 Å². The molecule has 1 atom stereocenters. The Balaban J connectivity index is 1.91. The first-order valence-corrected chi connectivity index (χ1v) is 11.0. The minimum absolute atomic E-state index is 0.0700. The van der Waals surface area contributed by atoms with Crippen molar-refractivity contribution in [3.8, 4) is 40.2 Å². The molecule has 3 aromatic carbocycles. The fraction of sp³-hybridized carbons (Fsp3) is 0.333. The maximum absolute atomic E-state index is 10.7. The van der Waals surface area contributed by atoms with Crippen LogP contribution in [0.2, 0.25) is 0 Å². The van der Waals surface area contributed by atoms with Crippen LogP contribution in [0.15, 0.2) is 48.5 Å². The smallest absolute Gasteiger partial charge is 0.201 e. The predicted octanol–water partition coefficient (Wildman–Crippen LogP) is 6.21. The molecule has 0 aliphatic rings. The van der Waals surface area contributed by atoms with Gasteiger partial charge >= 0.3 is 0 Å². The van der Waals surface area contributed by atoms with Gasteiger partial charge in [0.1, 0.15) is 0 Å². The minimum atomic E-state index is -0.0700. The molecule has 3 rings (SSSR count). The van der Waals surface area contributed by atoms with Gasteiger partial charge in [-0.05, 0) is 71.8 Å². The zero-order chi connectivity index (χ0) is 24.0. The molecule has 3 aromatic rings. The van der Waals surface area contributed by atoms with Crippen LogP contribution >= 0.6 is 0 Å². The molecule has 0 aliphatic heterocycles. The van der Waals surface area contributed by atoms with E-state index in [-0.39, 0.29) is 17.4 Å². The highest BCUT2D eigenvalue weighted by Gasteiger charge is 2.18. The molecule has 0 fully saturated rings. The first kappa shape index (κ1) is 24.1. The Kier molecular flexibility index (Phi) is 7.93. The van der Waals surface area contributed by atoms with E-state index >= 15 is 0 Å². The van der Waals surface area contributed by atoms with Crippen molar-refractivity contribution < 1.29 is 29.2 Å². The number of aryl methyl sites for hydroxylation is 1. The van der Waals surface area contributed by atoms with E-state index in [0.29, 0.717) is 35.2 Å². The normalized spacial score (nSPS) is 11.7. The second kappa shape index (κ2) is 10.9. The molecule has 0 spiro atoms. The lowest BCUT2D eigenvalue weighted by molar-refractivity contribution is 0.343.